The minimum absolute atomic E-state index is 0.0503. The van der Waals surface area contributed by atoms with Crippen LogP contribution in [0.1, 0.15) is 53.5 Å². The molecule has 0 aromatic carbocycles. The van der Waals surface area contributed by atoms with Crippen LogP contribution in [0.3, 0.4) is 0 Å². The molecule has 0 radical (unpaired) electrons. The third-order valence-electron chi connectivity index (χ3n) is 5.08. The second kappa shape index (κ2) is 5.96. The Morgan fingerprint density at radius 3 is 2.58 bits per heavy atom. The van der Waals surface area contributed by atoms with Gasteiger partial charge in [0.2, 0.25) is 0 Å². The lowest BCUT2D eigenvalue weighted by Crippen LogP contribution is -2.19. The lowest BCUT2D eigenvalue weighted by molar-refractivity contribution is 0.102. The van der Waals surface area contributed by atoms with Gasteiger partial charge >= 0.3 is 0 Å². The van der Waals surface area contributed by atoms with Crippen LogP contribution in [-0.4, -0.2) is 28.5 Å². The lowest BCUT2D eigenvalue weighted by Gasteiger charge is -2.16. The standard InChI is InChI=1S/C19H24N4O/c1-13-11-17(14(2)23(13)16-6-7-16)19(24)21-15-5-8-18(20-12-15)22-9-3-4-10-22/h5,8,11-12,16H,3-4,6-7,9-10H2,1-2H3,(H,21,24). The van der Waals surface area contributed by atoms with Gasteiger partial charge in [-0.15, -0.1) is 0 Å². The molecule has 5 heteroatoms. The Hall–Kier alpha value is -2.30. The normalized spacial score (nSPS) is 17.3. The predicted octanol–water partition coefficient (Wildman–Crippen LogP) is 3.69. The maximum absolute atomic E-state index is 12.6. The number of nitrogens with zero attached hydrogens (tertiary/aromatic N) is 3. The Bertz CT molecular complexity index is 752. The maximum atomic E-state index is 12.6. The molecule has 0 atom stereocenters. The molecule has 126 valence electrons. The van der Waals surface area contributed by atoms with Crippen LogP contribution in [0.4, 0.5) is 11.5 Å². The zero-order chi connectivity index (χ0) is 16.7. The van der Waals surface area contributed by atoms with E-state index < -0.39 is 0 Å². The van der Waals surface area contributed by atoms with E-state index in [4.69, 9.17) is 0 Å². The minimum atomic E-state index is -0.0503. The summed E-state index contributed by atoms with van der Waals surface area (Å²) in [6.07, 6.45) is 6.66. The Labute approximate surface area is 142 Å². The van der Waals surface area contributed by atoms with E-state index in [1.165, 1.54) is 31.4 Å². The SMILES string of the molecule is Cc1cc(C(=O)Nc2ccc(N3CCCC3)nc2)c(C)n1C1CC1. The number of rotatable bonds is 4. The highest BCUT2D eigenvalue weighted by molar-refractivity contribution is 6.05. The summed E-state index contributed by atoms with van der Waals surface area (Å²) in [6.45, 7) is 6.27. The summed E-state index contributed by atoms with van der Waals surface area (Å²) in [6, 6.07) is 6.52. The average molecular weight is 324 g/mol. The van der Waals surface area contributed by atoms with Gasteiger partial charge in [0.05, 0.1) is 17.4 Å². The summed E-state index contributed by atoms with van der Waals surface area (Å²) >= 11 is 0. The topological polar surface area (TPSA) is 50.2 Å². The molecule has 1 aliphatic carbocycles. The number of carbonyl (C=O) groups excluding carboxylic acids is 1. The summed E-state index contributed by atoms with van der Waals surface area (Å²) in [5.41, 5.74) is 3.75. The van der Waals surface area contributed by atoms with Gasteiger partial charge in [-0.1, -0.05) is 0 Å². The molecule has 1 aliphatic heterocycles. The van der Waals surface area contributed by atoms with Gasteiger partial charge in [0.1, 0.15) is 5.82 Å². The van der Waals surface area contributed by atoms with E-state index in [1.54, 1.807) is 6.20 Å². The van der Waals surface area contributed by atoms with Gasteiger partial charge in [0, 0.05) is 30.5 Å². The molecule has 0 bridgehead atoms. The average Bonchev–Trinajstić information content (AvgIpc) is 3.15. The molecule has 2 aromatic heterocycles. The first-order chi connectivity index (χ1) is 11.6. The summed E-state index contributed by atoms with van der Waals surface area (Å²) in [5, 5.41) is 2.98. The van der Waals surface area contributed by atoms with E-state index in [0.29, 0.717) is 6.04 Å². The molecule has 1 saturated carbocycles. The molecule has 2 fully saturated rings. The Morgan fingerprint density at radius 2 is 1.96 bits per heavy atom. The Morgan fingerprint density at radius 1 is 1.21 bits per heavy atom. The van der Waals surface area contributed by atoms with Crippen LogP contribution >= 0.6 is 0 Å². The summed E-state index contributed by atoms with van der Waals surface area (Å²) in [5.74, 6) is 0.947. The molecule has 0 unspecified atom stereocenters. The van der Waals surface area contributed by atoms with Crippen molar-refractivity contribution in [1.29, 1.82) is 0 Å². The molecule has 24 heavy (non-hydrogen) atoms. The fourth-order valence-corrected chi connectivity index (χ4v) is 3.69. The van der Waals surface area contributed by atoms with Crippen molar-refractivity contribution in [1.82, 2.24) is 9.55 Å². The molecule has 0 spiro atoms. The highest BCUT2D eigenvalue weighted by atomic mass is 16.1. The number of hydrogen-bond donors (Lipinski definition) is 1. The largest absolute Gasteiger partial charge is 0.357 e. The second-order valence-electron chi connectivity index (χ2n) is 6.94. The smallest absolute Gasteiger partial charge is 0.257 e. The number of anilines is 2. The number of carbonyl (C=O) groups is 1. The molecule has 2 aromatic rings. The molecular formula is C19H24N4O. The Kier molecular flexibility index (Phi) is 3.79. The number of hydrogen-bond acceptors (Lipinski definition) is 3. The van der Waals surface area contributed by atoms with Crippen molar-refractivity contribution in [3.8, 4) is 0 Å². The van der Waals surface area contributed by atoms with Crippen LogP contribution in [0.5, 0.6) is 0 Å². The predicted molar refractivity (Wildman–Crippen MR) is 95.8 cm³/mol. The number of aromatic nitrogens is 2. The van der Waals surface area contributed by atoms with Crippen LogP contribution in [-0.2, 0) is 0 Å². The fraction of sp³-hybridized carbons (Fsp3) is 0.474. The van der Waals surface area contributed by atoms with Crippen LogP contribution in [0.2, 0.25) is 0 Å². The van der Waals surface area contributed by atoms with Gasteiger partial charge in [-0.05, 0) is 57.7 Å². The first-order valence-electron chi connectivity index (χ1n) is 8.84. The third kappa shape index (κ3) is 2.79. The number of amides is 1. The van der Waals surface area contributed by atoms with Crippen molar-refractivity contribution in [3.05, 3.63) is 41.3 Å². The molecule has 1 amide bonds. The van der Waals surface area contributed by atoms with Crippen molar-refractivity contribution in [2.75, 3.05) is 23.3 Å². The van der Waals surface area contributed by atoms with Gasteiger partial charge < -0.3 is 14.8 Å². The van der Waals surface area contributed by atoms with Gasteiger partial charge in [-0.2, -0.15) is 0 Å². The second-order valence-corrected chi connectivity index (χ2v) is 6.94. The monoisotopic (exact) mass is 324 g/mol. The zero-order valence-corrected chi connectivity index (χ0v) is 14.4. The van der Waals surface area contributed by atoms with E-state index in [-0.39, 0.29) is 5.91 Å². The third-order valence-corrected chi connectivity index (χ3v) is 5.08. The van der Waals surface area contributed by atoms with Crippen molar-refractivity contribution in [2.24, 2.45) is 0 Å². The van der Waals surface area contributed by atoms with E-state index in [9.17, 15) is 4.79 Å². The summed E-state index contributed by atoms with van der Waals surface area (Å²) in [4.78, 5) is 19.4. The molecular weight excluding hydrogens is 300 g/mol. The fourth-order valence-electron chi connectivity index (χ4n) is 3.69. The molecule has 4 rings (SSSR count). The van der Waals surface area contributed by atoms with E-state index in [0.717, 1.165) is 35.9 Å². The highest BCUT2D eigenvalue weighted by Gasteiger charge is 2.28. The van der Waals surface area contributed by atoms with Crippen LogP contribution < -0.4 is 10.2 Å². The molecule has 3 heterocycles. The first kappa shape index (κ1) is 15.2. The van der Waals surface area contributed by atoms with Gasteiger partial charge in [-0.25, -0.2) is 4.98 Å². The molecule has 1 N–H and O–H groups in total. The van der Waals surface area contributed by atoms with E-state index in [2.05, 4.69) is 26.7 Å². The lowest BCUT2D eigenvalue weighted by atomic mass is 10.2. The van der Waals surface area contributed by atoms with Crippen molar-refractivity contribution >= 4 is 17.4 Å². The van der Waals surface area contributed by atoms with Crippen LogP contribution in [0.25, 0.3) is 0 Å². The van der Waals surface area contributed by atoms with Crippen molar-refractivity contribution in [2.45, 2.75) is 45.6 Å². The van der Waals surface area contributed by atoms with Gasteiger partial charge in [0.15, 0.2) is 0 Å². The highest BCUT2D eigenvalue weighted by Crippen LogP contribution is 2.38. The van der Waals surface area contributed by atoms with Crippen molar-refractivity contribution < 1.29 is 4.79 Å². The van der Waals surface area contributed by atoms with E-state index in [1.807, 2.05) is 25.1 Å². The number of pyridine rings is 1. The van der Waals surface area contributed by atoms with Gasteiger partial charge in [0.25, 0.3) is 5.91 Å². The van der Waals surface area contributed by atoms with Crippen LogP contribution in [0.15, 0.2) is 24.4 Å². The molecule has 2 aliphatic rings. The van der Waals surface area contributed by atoms with Gasteiger partial charge in [-0.3, -0.25) is 4.79 Å². The maximum Gasteiger partial charge on any atom is 0.257 e. The first-order valence-corrected chi connectivity index (χ1v) is 8.84. The van der Waals surface area contributed by atoms with Crippen molar-refractivity contribution in [3.63, 3.8) is 0 Å². The van der Waals surface area contributed by atoms with E-state index >= 15 is 0 Å². The van der Waals surface area contributed by atoms with Crippen LogP contribution in [0, 0.1) is 13.8 Å². The minimum Gasteiger partial charge on any atom is -0.357 e. The number of aryl methyl sites for hydroxylation is 1. The quantitative estimate of drug-likeness (QED) is 0.933. The zero-order valence-electron chi connectivity index (χ0n) is 14.4. The number of nitrogens with one attached hydrogen (secondary N) is 1. The summed E-state index contributed by atoms with van der Waals surface area (Å²) < 4.78 is 2.30. The Balaban J connectivity index is 1.48. The molecule has 5 nitrogen and oxygen atoms in total. The summed E-state index contributed by atoms with van der Waals surface area (Å²) in [7, 11) is 0. The molecule has 1 saturated heterocycles.